The predicted octanol–water partition coefficient (Wildman–Crippen LogP) is 1.02. The van der Waals surface area contributed by atoms with E-state index in [1.54, 1.807) is 0 Å². The Morgan fingerprint density at radius 1 is 1.37 bits per heavy atom. The third-order valence-electron chi connectivity index (χ3n) is 2.41. The number of nitriles is 1. The highest BCUT2D eigenvalue weighted by atomic mass is 15.4. The van der Waals surface area contributed by atoms with Crippen LogP contribution in [-0.2, 0) is 0 Å². The fourth-order valence-corrected chi connectivity index (χ4v) is 1.56. The minimum Gasteiger partial charge on any atom is -0.336 e. The molecule has 1 aromatic carbocycles. The molecule has 0 atom stereocenters. The fraction of sp³-hybridized carbons (Fsp3) is 0. The molecule has 3 rings (SSSR count). The first kappa shape index (κ1) is 10.9. The van der Waals surface area contributed by atoms with E-state index in [-0.39, 0.29) is 5.71 Å². The molecule has 8 heteroatoms. The molecule has 19 heavy (non-hydrogen) atoms. The third-order valence-corrected chi connectivity index (χ3v) is 2.41. The first-order chi connectivity index (χ1) is 9.36. The van der Waals surface area contributed by atoms with Crippen LogP contribution in [0.15, 0.2) is 35.7 Å². The quantitative estimate of drug-likeness (QED) is 0.475. The number of benzene rings is 1. The Kier molecular flexibility index (Phi) is 2.63. The molecule has 0 aliphatic carbocycles. The molecule has 0 aliphatic heterocycles. The van der Waals surface area contributed by atoms with E-state index >= 15 is 0 Å². The molecule has 8 nitrogen and oxygen atoms in total. The van der Waals surface area contributed by atoms with Gasteiger partial charge in [-0.05, 0) is 12.1 Å². The maximum absolute atomic E-state index is 9.11. The monoisotopic (exact) mass is 252 g/mol. The van der Waals surface area contributed by atoms with Crippen molar-refractivity contribution >= 4 is 22.7 Å². The van der Waals surface area contributed by atoms with Crippen LogP contribution in [0.25, 0.3) is 11.0 Å². The van der Waals surface area contributed by atoms with Crippen molar-refractivity contribution in [2.75, 3.05) is 5.43 Å². The summed E-state index contributed by atoms with van der Waals surface area (Å²) in [6.45, 7) is 0. The summed E-state index contributed by atoms with van der Waals surface area (Å²) < 4.78 is 0. The van der Waals surface area contributed by atoms with Crippen molar-refractivity contribution < 1.29 is 0 Å². The van der Waals surface area contributed by atoms with Crippen molar-refractivity contribution in [1.82, 2.24) is 25.1 Å². The summed E-state index contributed by atoms with van der Waals surface area (Å²) in [4.78, 5) is 11.1. The highest BCUT2D eigenvalue weighted by molar-refractivity contribution is 6.10. The number of H-pyrrole nitrogens is 2. The lowest BCUT2D eigenvalue weighted by molar-refractivity contribution is 1.08. The maximum atomic E-state index is 9.11. The summed E-state index contributed by atoms with van der Waals surface area (Å²) in [5.41, 5.74) is 4.35. The van der Waals surface area contributed by atoms with Gasteiger partial charge in [-0.1, -0.05) is 12.1 Å². The van der Waals surface area contributed by atoms with Crippen LogP contribution in [0.4, 0.5) is 5.95 Å². The van der Waals surface area contributed by atoms with Crippen LogP contribution in [0, 0.1) is 11.3 Å². The van der Waals surface area contributed by atoms with E-state index in [1.165, 1.54) is 6.33 Å². The number of para-hydroxylation sites is 2. The number of aromatic nitrogens is 5. The lowest BCUT2D eigenvalue weighted by Crippen LogP contribution is -2.04. The predicted molar refractivity (Wildman–Crippen MR) is 68.2 cm³/mol. The van der Waals surface area contributed by atoms with Crippen LogP contribution in [-0.4, -0.2) is 30.9 Å². The van der Waals surface area contributed by atoms with E-state index in [0.29, 0.717) is 11.8 Å². The van der Waals surface area contributed by atoms with Crippen molar-refractivity contribution in [3.05, 3.63) is 36.4 Å². The Bertz CT molecular complexity index is 728. The van der Waals surface area contributed by atoms with Crippen LogP contribution in [0.2, 0.25) is 0 Å². The third kappa shape index (κ3) is 2.12. The minimum absolute atomic E-state index is 0.132. The standard InChI is InChI=1S/C11H8N8/c12-5-9(17-19-11-13-6-14-18-11)10-15-7-3-1-2-4-8(7)16-10/h1-4,6H,(H,15,16)(H2,13,14,18,19)/b17-9+. The number of aromatic amines is 2. The Morgan fingerprint density at radius 2 is 2.26 bits per heavy atom. The summed E-state index contributed by atoms with van der Waals surface area (Å²) in [5, 5.41) is 19.3. The number of hydrogen-bond donors (Lipinski definition) is 3. The molecule has 0 spiro atoms. The summed E-state index contributed by atoms with van der Waals surface area (Å²) in [7, 11) is 0. The van der Waals surface area contributed by atoms with Crippen molar-refractivity contribution in [1.29, 1.82) is 5.26 Å². The van der Waals surface area contributed by atoms with Gasteiger partial charge in [0, 0.05) is 0 Å². The average Bonchev–Trinajstić information content (AvgIpc) is 3.08. The molecular weight excluding hydrogens is 244 g/mol. The highest BCUT2D eigenvalue weighted by Crippen LogP contribution is 2.10. The molecule has 0 amide bonds. The van der Waals surface area contributed by atoms with Gasteiger partial charge in [0.15, 0.2) is 5.82 Å². The van der Waals surface area contributed by atoms with Gasteiger partial charge in [-0.25, -0.2) is 15.5 Å². The number of rotatable bonds is 3. The lowest BCUT2D eigenvalue weighted by Gasteiger charge is -1.94. The van der Waals surface area contributed by atoms with E-state index in [0.717, 1.165) is 11.0 Å². The van der Waals surface area contributed by atoms with E-state index in [1.807, 2.05) is 30.3 Å². The van der Waals surface area contributed by atoms with Gasteiger partial charge in [0.25, 0.3) is 0 Å². The smallest absolute Gasteiger partial charge is 0.239 e. The van der Waals surface area contributed by atoms with Gasteiger partial charge in [-0.3, -0.25) is 0 Å². The van der Waals surface area contributed by atoms with Crippen LogP contribution in [0.1, 0.15) is 5.82 Å². The van der Waals surface area contributed by atoms with Gasteiger partial charge in [-0.2, -0.15) is 20.4 Å². The number of hydrazone groups is 1. The Labute approximate surface area is 107 Å². The normalized spacial score (nSPS) is 11.4. The van der Waals surface area contributed by atoms with Crippen molar-refractivity contribution in [2.45, 2.75) is 0 Å². The molecule has 92 valence electrons. The van der Waals surface area contributed by atoms with Crippen LogP contribution >= 0.6 is 0 Å². The van der Waals surface area contributed by atoms with Crippen molar-refractivity contribution in [3.63, 3.8) is 0 Å². The van der Waals surface area contributed by atoms with E-state index < -0.39 is 0 Å². The number of imidazole rings is 1. The number of nitrogens with zero attached hydrogens (tertiary/aromatic N) is 5. The van der Waals surface area contributed by atoms with Crippen LogP contribution in [0.3, 0.4) is 0 Å². The molecule has 0 bridgehead atoms. The van der Waals surface area contributed by atoms with E-state index in [4.69, 9.17) is 5.26 Å². The Morgan fingerprint density at radius 3 is 3.00 bits per heavy atom. The summed E-state index contributed by atoms with van der Waals surface area (Å²) in [6.07, 6.45) is 1.34. The van der Waals surface area contributed by atoms with Gasteiger partial charge in [0.05, 0.1) is 11.0 Å². The molecule has 0 radical (unpaired) electrons. The first-order valence-electron chi connectivity index (χ1n) is 5.41. The second kappa shape index (κ2) is 4.58. The molecule has 0 aliphatic rings. The number of nitrogens with one attached hydrogen (secondary N) is 3. The Hall–Kier alpha value is -3.21. The molecule has 0 saturated carbocycles. The Balaban J connectivity index is 1.93. The zero-order valence-corrected chi connectivity index (χ0v) is 9.62. The van der Waals surface area contributed by atoms with Crippen molar-refractivity contribution in [2.24, 2.45) is 5.10 Å². The largest absolute Gasteiger partial charge is 0.336 e. The zero-order chi connectivity index (χ0) is 13.1. The van der Waals surface area contributed by atoms with Gasteiger partial charge in [0.2, 0.25) is 11.7 Å². The number of fused-ring (bicyclic) bond motifs is 1. The first-order valence-corrected chi connectivity index (χ1v) is 5.41. The molecule has 2 aromatic heterocycles. The molecule has 2 heterocycles. The topological polar surface area (TPSA) is 118 Å². The molecule has 3 aromatic rings. The van der Waals surface area contributed by atoms with Crippen LogP contribution < -0.4 is 5.43 Å². The second-order valence-corrected chi connectivity index (χ2v) is 3.62. The summed E-state index contributed by atoms with van der Waals surface area (Å²) >= 11 is 0. The van der Waals surface area contributed by atoms with E-state index in [2.05, 4.69) is 35.7 Å². The number of hydrogen-bond acceptors (Lipinski definition) is 6. The molecule has 0 saturated heterocycles. The number of anilines is 1. The van der Waals surface area contributed by atoms with E-state index in [9.17, 15) is 0 Å². The summed E-state index contributed by atoms with van der Waals surface area (Å²) in [6, 6.07) is 9.48. The van der Waals surface area contributed by atoms with Gasteiger partial charge >= 0.3 is 0 Å². The molecule has 0 unspecified atom stereocenters. The molecule has 3 N–H and O–H groups in total. The van der Waals surface area contributed by atoms with Gasteiger partial charge < -0.3 is 4.98 Å². The lowest BCUT2D eigenvalue weighted by atomic mass is 10.3. The van der Waals surface area contributed by atoms with Crippen LogP contribution in [0.5, 0.6) is 0 Å². The van der Waals surface area contributed by atoms with Gasteiger partial charge in [-0.15, -0.1) is 0 Å². The second-order valence-electron chi connectivity index (χ2n) is 3.62. The van der Waals surface area contributed by atoms with Gasteiger partial charge in [0.1, 0.15) is 12.4 Å². The molecular formula is C11H8N8. The zero-order valence-electron chi connectivity index (χ0n) is 9.62. The SMILES string of the molecule is N#C/C(=N\Nc1ncn[nH]1)c1nc2ccccc2[nH]1. The highest BCUT2D eigenvalue weighted by Gasteiger charge is 2.09. The average molecular weight is 252 g/mol. The maximum Gasteiger partial charge on any atom is 0.239 e. The fourth-order valence-electron chi connectivity index (χ4n) is 1.56. The molecule has 0 fully saturated rings. The minimum atomic E-state index is 0.132. The summed E-state index contributed by atoms with van der Waals surface area (Å²) in [5.74, 6) is 0.750. The van der Waals surface area contributed by atoms with Crippen molar-refractivity contribution in [3.8, 4) is 6.07 Å².